The normalized spacial score (nSPS) is 10.6. The van der Waals surface area contributed by atoms with Gasteiger partial charge in [-0.2, -0.15) is 0 Å². The number of hydrogen-bond donors (Lipinski definition) is 1. The second kappa shape index (κ2) is 10.9. The van der Waals surface area contributed by atoms with E-state index in [1.165, 1.54) is 6.07 Å². The van der Waals surface area contributed by atoms with Gasteiger partial charge >= 0.3 is 0 Å². The number of rotatable bonds is 10. The SMILES string of the molecule is C=CCc1cc(CNc2ccc(C)c(Cl)c2)cc(OCC)c1OCc1ccccc1F. The molecule has 1 N–H and O–H groups in total. The molecule has 0 aliphatic rings. The molecule has 0 saturated carbocycles. The maximum Gasteiger partial charge on any atom is 0.165 e. The first kappa shape index (κ1) is 22.7. The second-order valence-corrected chi connectivity index (χ2v) is 7.61. The predicted octanol–water partition coefficient (Wildman–Crippen LogP) is 7.11. The Morgan fingerprint density at radius 3 is 2.58 bits per heavy atom. The molecule has 0 radical (unpaired) electrons. The minimum Gasteiger partial charge on any atom is -0.490 e. The molecule has 0 aliphatic heterocycles. The number of halogens is 2. The van der Waals surface area contributed by atoms with Crippen LogP contribution >= 0.6 is 11.6 Å². The third kappa shape index (κ3) is 6.02. The highest BCUT2D eigenvalue weighted by atomic mass is 35.5. The Morgan fingerprint density at radius 2 is 1.87 bits per heavy atom. The van der Waals surface area contributed by atoms with Crippen LogP contribution in [0.4, 0.5) is 10.1 Å². The molecule has 0 fully saturated rings. The summed E-state index contributed by atoms with van der Waals surface area (Å²) in [6.07, 6.45) is 2.43. The maximum absolute atomic E-state index is 14.0. The summed E-state index contributed by atoms with van der Waals surface area (Å²) in [6.45, 7) is 8.97. The van der Waals surface area contributed by atoms with Crippen molar-refractivity contribution >= 4 is 17.3 Å². The number of benzene rings is 3. The third-order valence-corrected chi connectivity index (χ3v) is 5.26. The smallest absolute Gasteiger partial charge is 0.165 e. The van der Waals surface area contributed by atoms with E-state index < -0.39 is 0 Å². The Kier molecular flexibility index (Phi) is 7.96. The van der Waals surface area contributed by atoms with Gasteiger partial charge in [-0.25, -0.2) is 4.39 Å². The Labute approximate surface area is 188 Å². The van der Waals surface area contributed by atoms with Crippen LogP contribution in [0.3, 0.4) is 0 Å². The van der Waals surface area contributed by atoms with Crippen molar-refractivity contribution in [1.29, 1.82) is 0 Å². The van der Waals surface area contributed by atoms with Crippen LogP contribution < -0.4 is 14.8 Å². The number of hydrogen-bond acceptors (Lipinski definition) is 3. The molecule has 0 saturated heterocycles. The first-order valence-corrected chi connectivity index (χ1v) is 10.6. The topological polar surface area (TPSA) is 30.5 Å². The van der Waals surface area contributed by atoms with Crippen LogP contribution in [-0.4, -0.2) is 6.61 Å². The van der Waals surface area contributed by atoms with E-state index in [9.17, 15) is 4.39 Å². The maximum atomic E-state index is 14.0. The van der Waals surface area contributed by atoms with Gasteiger partial charge in [-0.3, -0.25) is 0 Å². The third-order valence-electron chi connectivity index (χ3n) is 4.85. The highest BCUT2D eigenvalue weighted by Crippen LogP contribution is 2.35. The van der Waals surface area contributed by atoms with Gasteiger partial charge in [-0.05, 0) is 61.7 Å². The fourth-order valence-corrected chi connectivity index (χ4v) is 3.41. The van der Waals surface area contributed by atoms with E-state index in [1.54, 1.807) is 18.2 Å². The van der Waals surface area contributed by atoms with Crippen molar-refractivity contribution in [3.05, 3.63) is 100 Å². The number of allylic oxidation sites excluding steroid dienone is 1. The number of aryl methyl sites for hydroxylation is 1. The standard InChI is InChI=1S/C26H27ClFNO2/c1-4-8-20-13-19(16-29-22-12-11-18(3)23(27)15-22)14-25(30-5-2)26(20)31-17-21-9-6-7-10-24(21)28/h4,6-7,9-15,29H,1,5,8,16-17H2,2-3H3. The Morgan fingerprint density at radius 1 is 1.06 bits per heavy atom. The average molecular weight is 440 g/mol. The summed E-state index contributed by atoms with van der Waals surface area (Å²) in [7, 11) is 0. The van der Waals surface area contributed by atoms with E-state index in [0.29, 0.717) is 36.6 Å². The fraction of sp³-hybridized carbons (Fsp3) is 0.231. The zero-order valence-electron chi connectivity index (χ0n) is 17.9. The van der Waals surface area contributed by atoms with Gasteiger partial charge in [0.15, 0.2) is 11.5 Å². The summed E-state index contributed by atoms with van der Waals surface area (Å²) in [5.41, 5.74) is 4.46. The molecule has 5 heteroatoms. The van der Waals surface area contributed by atoms with Gasteiger partial charge in [0.05, 0.1) is 6.61 Å². The van der Waals surface area contributed by atoms with Gasteiger partial charge in [-0.15, -0.1) is 6.58 Å². The molecule has 3 aromatic rings. The second-order valence-electron chi connectivity index (χ2n) is 7.21. The van der Waals surface area contributed by atoms with E-state index >= 15 is 0 Å². The molecule has 0 atom stereocenters. The molecule has 3 rings (SSSR count). The van der Waals surface area contributed by atoms with Crippen molar-refractivity contribution < 1.29 is 13.9 Å². The molecule has 162 valence electrons. The summed E-state index contributed by atoms with van der Waals surface area (Å²) in [6, 6.07) is 16.5. The molecular weight excluding hydrogens is 413 g/mol. The van der Waals surface area contributed by atoms with E-state index in [1.807, 2.05) is 44.2 Å². The molecule has 31 heavy (non-hydrogen) atoms. The van der Waals surface area contributed by atoms with Crippen LogP contribution in [0.1, 0.15) is 29.2 Å². The van der Waals surface area contributed by atoms with Crippen molar-refractivity contribution in [2.24, 2.45) is 0 Å². The van der Waals surface area contributed by atoms with Gasteiger partial charge < -0.3 is 14.8 Å². The summed E-state index contributed by atoms with van der Waals surface area (Å²) in [5, 5.41) is 4.12. The summed E-state index contributed by atoms with van der Waals surface area (Å²) in [4.78, 5) is 0. The fourth-order valence-electron chi connectivity index (χ4n) is 3.23. The van der Waals surface area contributed by atoms with E-state index in [-0.39, 0.29) is 12.4 Å². The largest absolute Gasteiger partial charge is 0.490 e. The summed E-state index contributed by atoms with van der Waals surface area (Å²) >= 11 is 6.23. The minimum absolute atomic E-state index is 0.121. The first-order chi connectivity index (χ1) is 15.0. The number of nitrogens with one attached hydrogen (secondary N) is 1. The quantitative estimate of drug-likeness (QED) is 0.341. The predicted molar refractivity (Wildman–Crippen MR) is 126 cm³/mol. The van der Waals surface area contributed by atoms with Gasteiger partial charge in [0.2, 0.25) is 0 Å². The van der Waals surface area contributed by atoms with Gasteiger partial charge in [0, 0.05) is 28.4 Å². The molecule has 0 heterocycles. The van der Waals surface area contributed by atoms with Crippen LogP contribution in [0, 0.1) is 12.7 Å². The molecule has 0 aliphatic carbocycles. The van der Waals surface area contributed by atoms with Gasteiger partial charge in [0.1, 0.15) is 12.4 Å². The highest BCUT2D eigenvalue weighted by Gasteiger charge is 2.15. The van der Waals surface area contributed by atoms with Crippen molar-refractivity contribution in [2.45, 2.75) is 33.4 Å². The molecule has 3 aromatic carbocycles. The number of anilines is 1. The molecule has 0 amide bonds. The molecule has 0 bridgehead atoms. The van der Waals surface area contributed by atoms with E-state index in [0.717, 1.165) is 27.4 Å². The molecule has 3 nitrogen and oxygen atoms in total. The first-order valence-electron chi connectivity index (χ1n) is 10.3. The average Bonchev–Trinajstić information content (AvgIpc) is 2.75. The van der Waals surface area contributed by atoms with Crippen LogP contribution in [0.5, 0.6) is 11.5 Å². The van der Waals surface area contributed by atoms with Crippen molar-refractivity contribution in [1.82, 2.24) is 0 Å². The highest BCUT2D eigenvalue weighted by molar-refractivity contribution is 6.31. The molecular formula is C26H27ClFNO2. The Balaban J connectivity index is 1.85. The van der Waals surface area contributed by atoms with Crippen LogP contribution in [-0.2, 0) is 19.6 Å². The van der Waals surface area contributed by atoms with Crippen LogP contribution in [0.2, 0.25) is 5.02 Å². The van der Waals surface area contributed by atoms with Crippen LogP contribution in [0.15, 0.2) is 67.3 Å². The Hall–Kier alpha value is -2.98. The van der Waals surface area contributed by atoms with Gasteiger partial charge in [0.25, 0.3) is 0 Å². The molecule has 0 aromatic heterocycles. The lowest BCUT2D eigenvalue weighted by Crippen LogP contribution is -2.06. The van der Waals surface area contributed by atoms with Crippen molar-refractivity contribution in [3.63, 3.8) is 0 Å². The van der Waals surface area contributed by atoms with E-state index in [4.69, 9.17) is 21.1 Å². The molecule has 0 unspecified atom stereocenters. The minimum atomic E-state index is -0.289. The lowest BCUT2D eigenvalue weighted by Gasteiger charge is -2.18. The Bertz CT molecular complexity index is 1050. The summed E-state index contributed by atoms with van der Waals surface area (Å²) < 4.78 is 25.9. The lowest BCUT2D eigenvalue weighted by atomic mass is 10.0. The lowest BCUT2D eigenvalue weighted by molar-refractivity contribution is 0.263. The van der Waals surface area contributed by atoms with Gasteiger partial charge in [-0.1, -0.05) is 41.9 Å². The number of ether oxygens (including phenoxy) is 2. The van der Waals surface area contributed by atoms with Crippen molar-refractivity contribution in [2.75, 3.05) is 11.9 Å². The summed E-state index contributed by atoms with van der Waals surface area (Å²) in [5.74, 6) is 0.965. The zero-order chi connectivity index (χ0) is 22.2. The monoisotopic (exact) mass is 439 g/mol. The van der Waals surface area contributed by atoms with Crippen molar-refractivity contribution in [3.8, 4) is 11.5 Å². The molecule has 0 spiro atoms. The van der Waals surface area contributed by atoms with Crippen LogP contribution in [0.25, 0.3) is 0 Å². The van der Waals surface area contributed by atoms with E-state index in [2.05, 4.69) is 18.0 Å². The zero-order valence-corrected chi connectivity index (χ0v) is 18.6.